The number of aliphatic hydroxyl groups is 1. The van der Waals surface area contributed by atoms with Crippen molar-refractivity contribution in [2.24, 2.45) is 5.41 Å². The predicted octanol–water partition coefficient (Wildman–Crippen LogP) is -0.537. The van der Waals surface area contributed by atoms with E-state index in [1.807, 2.05) is 0 Å². The van der Waals surface area contributed by atoms with E-state index in [0.29, 0.717) is 6.54 Å². The molecule has 7 nitrogen and oxygen atoms in total. The fourth-order valence-corrected chi connectivity index (χ4v) is 2.02. The highest BCUT2D eigenvalue weighted by atomic mass is 16.4. The Labute approximate surface area is 113 Å². The van der Waals surface area contributed by atoms with Gasteiger partial charge in [0.1, 0.15) is 0 Å². The van der Waals surface area contributed by atoms with Crippen LogP contribution in [0, 0.1) is 5.41 Å². The summed E-state index contributed by atoms with van der Waals surface area (Å²) in [7, 11) is 2.07. The molecule has 19 heavy (non-hydrogen) atoms. The van der Waals surface area contributed by atoms with E-state index in [4.69, 9.17) is 10.2 Å². The SMILES string of the molecule is CN1CCC(C)(CNC(=O)N[C@@H](CO)C(=O)O)CC1. The van der Waals surface area contributed by atoms with Gasteiger partial charge in [0, 0.05) is 6.54 Å². The van der Waals surface area contributed by atoms with Crippen LogP contribution in [-0.4, -0.2) is 66.4 Å². The van der Waals surface area contributed by atoms with Crippen molar-refractivity contribution in [3.8, 4) is 0 Å². The van der Waals surface area contributed by atoms with E-state index in [0.717, 1.165) is 25.9 Å². The molecule has 0 spiro atoms. The lowest BCUT2D eigenvalue weighted by molar-refractivity contribution is -0.140. The lowest BCUT2D eigenvalue weighted by Gasteiger charge is -2.38. The quantitative estimate of drug-likeness (QED) is 0.539. The van der Waals surface area contributed by atoms with Crippen molar-refractivity contribution < 1.29 is 19.8 Å². The van der Waals surface area contributed by atoms with E-state index < -0.39 is 24.6 Å². The van der Waals surface area contributed by atoms with Gasteiger partial charge < -0.3 is 25.7 Å². The zero-order chi connectivity index (χ0) is 14.5. The molecule has 1 saturated heterocycles. The topological polar surface area (TPSA) is 102 Å². The Bertz CT molecular complexity index is 327. The summed E-state index contributed by atoms with van der Waals surface area (Å²) < 4.78 is 0. The number of hydrogen-bond acceptors (Lipinski definition) is 4. The van der Waals surface area contributed by atoms with E-state index >= 15 is 0 Å². The minimum absolute atomic E-state index is 0.0434. The normalized spacial score (nSPS) is 20.6. The highest BCUT2D eigenvalue weighted by Gasteiger charge is 2.29. The van der Waals surface area contributed by atoms with Crippen molar-refractivity contribution in [1.29, 1.82) is 0 Å². The molecule has 1 aliphatic rings. The molecule has 110 valence electrons. The van der Waals surface area contributed by atoms with Crippen molar-refractivity contribution in [2.45, 2.75) is 25.8 Å². The Morgan fingerprint density at radius 1 is 1.37 bits per heavy atom. The fraction of sp³-hybridized carbons (Fsp3) is 0.833. The van der Waals surface area contributed by atoms with Gasteiger partial charge in [0.05, 0.1) is 6.61 Å². The third kappa shape index (κ3) is 5.04. The lowest BCUT2D eigenvalue weighted by Crippen LogP contribution is -2.51. The molecule has 1 fully saturated rings. The van der Waals surface area contributed by atoms with Crippen molar-refractivity contribution in [3.05, 3.63) is 0 Å². The van der Waals surface area contributed by atoms with Crippen LogP contribution in [0.2, 0.25) is 0 Å². The Hall–Kier alpha value is -1.34. The number of rotatable bonds is 5. The molecule has 0 radical (unpaired) electrons. The largest absolute Gasteiger partial charge is 0.480 e. The number of nitrogens with zero attached hydrogens (tertiary/aromatic N) is 1. The number of aliphatic hydroxyl groups excluding tert-OH is 1. The smallest absolute Gasteiger partial charge is 0.328 e. The zero-order valence-corrected chi connectivity index (χ0v) is 11.5. The Morgan fingerprint density at radius 2 is 1.95 bits per heavy atom. The van der Waals surface area contributed by atoms with E-state index in [-0.39, 0.29) is 5.41 Å². The first kappa shape index (κ1) is 15.7. The first-order valence-electron chi connectivity index (χ1n) is 6.43. The summed E-state index contributed by atoms with van der Waals surface area (Å²) in [5.41, 5.74) is 0.0434. The molecule has 2 amide bonds. The highest BCUT2D eigenvalue weighted by Crippen LogP contribution is 2.29. The predicted molar refractivity (Wildman–Crippen MR) is 69.9 cm³/mol. The van der Waals surface area contributed by atoms with Gasteiger partial charge in [-0.3, -0.25) is 0 Å². The summed E-state index contributed by atoms with van der Waals surface area (Å²) in [5.74, 6) is -1.25. The number of piperidine rings is 1. The molecule has 0 aromatic rings. The van der Waals surface area contributed by atoms with Crippen LogP contribution in [0.25, 0.3) is 0 Å². The molecule has 7 heteroatoms. The van der Waals surface area contributed by atoms with E-state index in [1.165, 1.54) is 0 Å². The summed E-state index contributed by atoms with van der Waals surface area (Å²) >= 11 is 0. The van der Waals surface area contributed by atoms with Gasteiger partial charge in [-0.15, -0.1) is 0 Å². The number of carbonyl (C=O) groups excluding carboxylic acids is 1. The van der Waals surface area contributed by atoms with Crippen LogP contribution in [-0.2, 0) is 4.79 Å². The van der Waals surface area contributed by atoms with E-state index in [2.05, 4.69) is 29.5 Å². The maximum absolute atomic E-state index is 11.6. The van der Waals surface area contributed by atoms with E-state index in [1.54, 1.807) is 0 Å². The third-order valence-corrected chi connectivity index (χ3v) is 3.66. The third-order valence-electron chi connectivity index (χ3n) is 3.66. The average molecular weight is 273 g/mol. The maximum Gasteiger partial charge on any atom is 0.328 e. The van der Waals surface area contributed by atoms with Crippen molar-refractivity contribution in [2.75, 3.05) is 33.3 Å². The number of carboxylic acid groups (broad SMARTS) is 1. The molecule has 0 aromatic heterocycles. The first-order valence-corrected chi connectivity index (χ1v) is 6.43. The molecule has 0 aromatic carbocycles. The van der Waals surface area contributed by atoms with Crippen molar-refractivity contribution in [3.63, 3.8) is 0 Å². The zero-order valence-electron chi connectivity index (χ0n) is 11.5. The number of amides is 2. The van der Waals surface area contributed by atoms with Gasteiger partial charge in [0.25, 0.3) is 0 Å². The molecular formula is C12H23N3O4. The second kappa shape index (κ2) is 6.72. The second-order valence-corrected chi connectivity index (χ2v) is 5.51. The fourth-order valence-electron chi connectivity index (χ4n) is 2.02. The molecular weight excluding hydrogens is 250 g/mol. The number of urea groups is 1. The minimum Gasteiger partial charge on any atom is -0.480 e. The summed E-state index contributed by atoms with van der Waals surface area (Å²) in [6, 6.07) is -1.81. The highest BCUT2D eigenvalue weighted by molar-refractivity contribution is 5.82. The molecule has 1 heterocycles. The van der Waals surface area contributed by atoms with E-state index in [9.17, 15) is 9.59 Å². The van der Waals surface area contributed by atoms with Crippen LogP contribution in [0.15, 0.2) is 0 Å². The standard InChI is InChI=1S/C12H23N3O4/c1-12(3-5-15(2)6-4-12)8-13-11(19)14-9(7-16)10(17)18/h9,16H,3-8H2,1-2H3,(H,17,18)(H2,13,14,19)/t9-/m0/s1. The van der Waals surface area contributed by atoms with Gasteiger partial charge in [0.2, 0.25) is 0 Å². The number of carbonyl (C=O) groups is 2. The molecule has 1 rings (SSSR count). The summed E-state index contributed by atoms with van der Waals surface area (Å²) in [5, 5.41) is 22.4. The molecule has 0 aliphatic carbocycles. The number of aliphatic carboxylic acids is 1. The summed E-state index contributed by atoms with van der Waals surface area (Å²) in [6.07, 6.45) is 1.98. The maximum atomic E-state index is 11.6. The molecule has 0 unspecified atom stereocenters. The lowest BCUT2D eigenvalue weighted by atomic mass is 9.80. The summed E-state index contributed by atoms with van der Waals surface area (Å²) in [4.78, 5) is 24.5. The Balaban J connectivity index is 2.35. The molecule has 1 aliphatic heterocycles. The van der Waals surface area contributed by atoms with Crippen LogP contribution in [0.5, 0.6) is 0 Å². The monoisotopic (exact) mass is 273 g/mol. The van der Waals surface area contributed by atoms with Gasteiger partial charge in [0.15, 0.2) is 6.04 Å². The van der Waals surface area contributed by atoms with Crippen LogP contribution in [0.3, 0.4) is 0 Å². The van der Waals surface area contributed by atoms with Crippen LogP contribution in [0.4, 0.5) is 4.79 Å². The number of likely N-dealkylation sites (tertiary alicyclic amines) is 1. The number of nitrogens with one attached hydrogen (secondary N) is 2. The minimum atomic E-state index is -1.26. The van der Waals surface area contributed by atoms with Gasteiger partial charge in [-0.1, -0.05) is 6.92 Å². The average Bonchev–Trinajstić information content (AvgIpc) is 2.37. The Kier molecular flexibility index (Phi) is 5.56. The summed E-state index contributed by atoms with van der Waals surface area (Å²) in [6.45, 7) is 3.98. The number of hydrogen-bond donors (Lipinski definition) is 4. The van der Waals surface area contributed by atoms with Gasteiger partial charge in [-0.2, -0.15) is 0 Å². The van der Waals surface area contributed by atoms with Gasteiger partial charge >= 0.3 is 12.0 Å². The Morgan fingerprint density at radius 3 is 2.42 bits per heavy atom. The molecule has 0 bridgehead atoms. The molecule has 4 N–H and O–H groups in total. The molecule has 0 saturated carbocycles. The molecule has 1 atom stereocenters. The number of carboxylic acids is 1. The second-order valence-electron chi connectivity index (χ2n) is 5.51. The van der Waals surface area contributed by atoms with Crippen molar-refractivity contribution in [1.82, 2.24) is 15.5 Å². The van der Waals surface area contributed by atoms with Gasteiger partial charge in [-0.05, 0) is 38.4 Å². The van der Waals surface area contributed by atoms with Crippen LogP contribution >= 0.6 is 0 Å². The van der Waals surface area contributed by atoms with Crippen LogP contribution < -0.4 is 10.6 Å². The van der Waals surface area contributed by atoms with Crippen LogP contribution in [0.1, 0.15) is 19.8 Å². The van der Waals surface area contributed by atoms with Gasteiger partial charge in [-0.25, -0.2) is 9.59 Å². The first-order chi connectivity index (χ1) is 8.86. The van der Waals surface area contributed by atoms with Crippen molar-refractivity contribution >= 4 is 12.0 Å².